The Balaban J connectivity index is 1.64. The van der Waals surface area contributed by atoms with E-state index in [1.54, 1.807) is 0 Å². The van der Waals surface area contributed by atoms with E-state index in [9.17, 15) is 4.39 Å². The summed E-state index contributed by atoms with van der Waals surface area (Å²) < 4.78 is 12.9. The second-order valence-electron chi connectivity index (χ2n) is 5.40. The van der Waals surface area contributed by atoms with Gasteiger partial charge in [-0.2, -0.15) is 0 Å². The maximum absolute atomic E-state index is 12.9. The average Bonchev–Trinajstić information content (AvgIpc) is 2.42. The summed E-state index contributed by atoms with van der Waals surface area (Å²) in [4.78, 5) is 5.00. The van der Waals surface area contributed by atoms with Gasteiger partial charge >= 0.3 is 0 Å². The van der Waals surface area contributed by atoms with Gasteiger partial charge in [-0.1, -0.05) is 12.1 Å². The fourth-order valence-corrected chi connectivity index (χ4v) is 3.09. The molecule has 2 bridgehead atoms. The van der Waals surface area contributed by atoms with Crippen molar-refractivity contribution in [1.82, 2.24) is 9.80 Å². The minimum atomic E-state index is -0.182. The van der Waals surface area contributed by atoms with Gasteiger partial charge in [-0.3, -0.25) is 9.80 Å². The number of piperazine rings is 3. The number of fused-ring (bicyclic) bond motifs is 3. The third-order valence-corrected chi connectivity index (χ3v) is 4.20. The Morgan fingerprint density at radius 1 is 1.17 bits per heavy atom. The maximum Gasteiger partial charge on any atom is 0.123 e. The zero-order valence-electron chi connectivity index (χ0n) is 10.6. The maximum atomic E-state index is 12.9. The number of hydrogen-bond donors (Lipinski definition) is 1. The summed E-state index contributed by atoms with van der Waals surface area (Å²) in [5.74, 6) is -0.182. The molecular weight excluding hydrogens is 229 g/mol. The molecule has 3 heterocycles. The quantitative estimate of drug-likeness (QED) is 0.855. The van der Waals surface area contributed by atoms with Gasteiger partial charge in [-0.25, -0.2) is 4.39 Å². The predicted molar refractivity (Wildman–Crippen MR) is 69.9 cm³/mol. The van der Waals surface area contributed by atoms with Crippen LogP contribution in [0.25, 0.3) is 0 Å². The molecule has 18 heavy (non-hydrogen) atoms. The monoisotopic (exact) mass is 249 g/mol. The lowest BCUT2D eigenvalue weighted by molar-refractivity contribution is 0.00258. The Labute approximate surface area is 107 Å². The zero-order valence-corrected chi connectivity index (χ0v) is 10.6. The second kappa shape index (κ2) is 4.96. The van der Waals surface area contributed by atoms with Gasteiger partial charge in [0, 0.05) is 44.8 Å². The number of benzene rings is 1. The molecule has 4 rings (SSSR count). The van der Waals surface area contributed by atoms with Crippen LogP contribution in [0.5, 0.6) is 0 Å². The molecule has 0 amide bonds. The van der Waals surface area contributed by atoms with Gasteiger partial charge < -0.3 is 5.73 Å². The van der Waals surface area contributed by atoms with E-state index in [1.165, 1.54) is 25.2 Å². The first-order valence-corrected chi connectivity index (χ1v) is 6.69. The first kappa shape index (κ1) is 12.1. The lowest BCUT2D eigenvalue weighted by Gasteiger charge is -2.49. The van der Waals surface area contributed by atoms with Gasteiger partial charge in [-0.15, -0.1) is 0 Å². The Morgan fingerprint density at radius 2 is 1.83 bits per heavy atom. The van der Waals surface area contributed by atoms with E-state index < -0.39 is 0 Å². The van der Waals surface area contributed by atoms with Crippen molar-refractivity contribution in [2.75, 3.05) is 32.7 Å². The minimum absolute atomic E-state index is 0.138. The molecule has 3 fully saturated rings. The van der Waals surface area contributed by atoms with E-state index in [0.717, 1.165) is 31.6 Å². The highest BCUT2D eigenvalue weighted by Crippen LogP contribution is 2.19. The highest BCUT2D eigenvalue weighted by molar-refractivity contribution is 5.18. The third kappa shape index (κ3) is 2.41. The van der Waals surface area contributed by atoms with Crippen molar-refractivity contribution in [2.45, 2.75) is 18.5 Å². The molecule has 3 aliphatic heterocycles. The van der Waals surface area contributed by atoms with Crippen LogP contribution < -0.4 is 5.73 Å². The molecular formula is C14H20FN3. The van der Waals surface area contributed by atoms with Crippen molar-refractivity contribution in [3.63, 3.8) is 0 Å². The molecule has 3 aliphatic rings. The molecule has 98 valence electrons. The van der Waals surface area contributed by atoms with Gasteiger partial charge in [0.15, 0.2) is 0 Å². The molecule has 0 spiro atoms. The normalized spacial score (nSPS) is 32.4. The third-order valence-electron chi connectivity index (χ3n) is 4.20. The van der Waals surface area contributed by atoms with Crippen LogP contribution in [0.2, 0.25) is 0 Å². The summed E-state index contributed by atoms with van der Waals surface area (Å²) in [6.07, 6.45) is 0.829. The van der Waals surface area contributed by atoms with Crippen LogP contribution in [0, 0.1) is 5.82 Å². The fourth-order valence-electron chi connectivity index (χ4n) is 3.09. The Morgan fingerprint density at radius 3 is 2.39 bits per heavy atom. The van der Waals surface area contributed by atoms with E-state index >= 15 is 0 Å². The first-order chi connectivity index (χ1) is 8.72. The number of halogens is 1. The van der Waals surface area contributed by atoms with Gasteiger partial charge in [0.25, 0.3) is 0 Å². The summed E-state index contributed by atoms with van der Waals surface area (Å²) in [5.41, 5.74) is 7.47. The SMILES string of the molecule is NC(Cc1ccc(F)cc1)C1CN2CCN1CC2. The molecule has 1 aromatic rings. The number of nitrogens with zero attached hydrogens (tertiary/aromatic N) is 2. The van der Waals surface area contributed by atoms with Crippen molar-refractivity contribution >= 4 is 0 Å². The molecule has 0 aromatic heterocycles. The number of hydrogen-bond acceptors (Lipinski definition) is 3. The van der Waals surface area contributed by atoms with Crippen LogP contribution >= 0.6 is 0 Å². The standard InChI is InChI=1S/C14H20FN3/c15-12-3-1-11(2-4-12)9-13(16)14-10-17-5-7-18(14)8-6-17/h1-4,13-14H,5-10,16H2. The molecule has 0 saturated carbocycles. The summed E-state index contributed by atoms with van der Waals surface area (Å²) in [5, 5.41) is 0. The highest BCUT2D eigenvalue weighted by atomic mass is 19.1. The van der Waals surface area contributed by atoms with Crippen LogP contribution in [0.15, 0.2) is 24.3 Å². The van der Waals surface area contributed by atoms with Crippen LogP contribution in [0.4, 0.5) is 4.39 Å². The van der Waals surface area contributed by atoms with Gasteiger partial charge in [0.1, 0.15) is 5.82 Å². The second-order valence-corrected chi connectivity index (χ2v) is 5.40. The van der Waals surface area contributed by atoms with Crippen molar-refractivity contribution in [1.29, 1.82) is 0 Å². The van der Waals surface area contributed by atoms with Gasteiger partial charge in [0.2, 0.25) is 0 Å². The topological polar surface area (TPSA) is 32.5 Å². The Kier molecular flexibility index (Phi) is 3.33. The Bertz CT molecular complexity index is 398. The predicted octanol–water partition coefficient (Wildman–Crippen LogP) is 0.695. The number of rotatable bonds is 3. The summed E-state index contributed by atoms with van der Waals surface area (Å²) >= 11 is 0. The fraction of sp³-hybridized carbons (Fsp3) is 0.571. The molecule has 2 unspecified atom stereocenters. The van der Waals surface area contributed by atoms with E-state index in [2.05, 4.69) is 9.80 Å². The minimum Gasteiger partial charge on any atom is -0.326 e. The summed E-state index contributed by atoms with van der Waals surface area (Å²) in [6, 6.07) is 7.30. The van der Waals surface area contributed by atoms with Gasteiger partial charge in [-0.05, 0) is 24.1 Å². The van der Waals surface area contributed by atoms with Crippen molar-refractivity contribution in [3.8, 4) is 0 Å². The van der Waals surface area contributed by atoms with Gasteiger partial charge in [0.05, 0.1) is 0 Å². The molecule has 0 aliphatic carbocycles. The van der Waals surface area contributed by atoms with E-state index in [4.69, 9.17) is 5.73 Å². The molecule has 4 heteroatoms. The Hall–Kier alpha value is -0.970. The van der Waals surface area contributed by atoms with Crippen LogP contribution in [-0.2, 0) is 6.42 Å². The smallest absolute Gasteiger partial charge is 0.123 e. The molecule has 1 aromatic carbocycles. The summed E-state index contributed by atoms with van der Waals surface area (Å²) in [7, 11) is 0. The summed E-state index contributed by atoms with van der Waals surface area (Å²) in [6.45, 7) is 5.73. The highest BCUT2D eigenvalue weighted by Gasteiger charge is 2.35. The molecule has 3 saturated heterocycles. The molecule has 2 N–H and O–H groups in total. The number of nitrogens with two attached hydrogens (primary N) is 1. The van der Waals surface area contributed by atoms with Crippen LogP contribution in [0.3, 0.4) is 0 Å². The lowest BCUT2D eigenvalue weighted by Crippen LogP contribution is -2.66. The first-order valence-electron chi connectivity index (χ1n) is 6.69. The van der Waals surface area contributed by atoms with Crippen molar-refractivity contribution in [2.24, 2.45) is 5.73 Å². The molecule has 0 radical (unpaired) electrons. The largest absolute Gasteiger partial charge is 0.326 e. The molecule has 2 atom stereocenters. The lowest BCUT2D eigenvalue weighted by atomic mass is 9.95. The van der Waals surface area contributed by atoms with Crippen molar-refractivity contribution < 1.29 is 4.39 Å². The molecule has 3 nitrogen and oxygen atoms in total. The van der Waals surface area contributed by atoms with E-state index in [1.807, 2.05) is 12.1 Å². The zero-order chi connectivity index (χ0) is 12.5. The average molecular weight is 249 g/mol. The van der Waals surface area contributed by atoms with E-state index in [0.29, 0.717) is 6.04 Å². The van der Waals surface area contributed by atoms with Crippen LogP contribution in [0.1, 0.15) is 5.56 Å². The van der Waals surface area contributed by atoms with E-state index in [-0.39, 0.29) is 11.9 Å². The van der Waals surface area contributed by atoms with Crippen LogP contribution in [-0.4, -0.2) is 54.6 Å². The van der Waals surface area contributed by atoms with Crippen molar-refractivity contribution in [3.05, 3.63) is 35.6 Å².